The Morgan fingerprint density at radius 2 is 2.14 bits per heavy atom. The molecule has 0 saturated heterocycles. The van der Waals surface area contributed by atoms with Gasteiger partial charge in [0.2, 0.25) is 0 Å². The SMILES string of the molecule is Cc1sc2nc(C=Cc3cccnc3)c(Cl)c(=O)n2c1C. The van der Waals surface area contributed by atoms with E-state index in [2.05, 4.69) is 9.97 Å². The first-order valence-corrected chi connectivity index (χ1v) is 7.53. The highest BCUT2D eigenvalue weighted by Gasteiger charge is 2.13. The van der Waals surface area contributed by atoms with Crippen LogP contribution in [0.3, 0.4) is 0 Å². The summed E-state index contributed by atoms with van der Waals surface area (Å²) in [5, 5.41) is 0.133. The van der Waals surface area contributed by atoms with Gasteiger partial charge in [-0.1, -0.05) is 23.7 Å². The van der Waals surface area contributed by atoms with Gasteiger partial charge in [-0.05, 0) is 31.6 Å². The van der Waals surface area contributed by atoms with E-state index in [9.17, 15) is 4.79 Å². The first kappa shape index (κ1) is 14.0. The lowest BCUT2D eigenvalue weighted by Gasteiger charge is -2.00. The molecule has 106 valence electrons. The van der Waals surface area contributed by atoms with Gasteiger partial charge in [-0.3, -0.25) is 14.2 Å². The fourth-order valence-corrected chi connectivity index (χ4v) is 3.15. The lowest BCUT2D eigenvalue weighted by molar-refractivity contribution is 1.01. The van der Waals surface area contributed by atoms with Crippen molar-refractivity contribution in [2.45, 2.75) is 13.8 Å². The smallest absolute Gasteiger partial charge is 0.267 e. The Hall–Kier alpha value is -1.98. The summed E-state index contributed by atoms with van der Waals surface area (Å²) in [5.74, 6) is 0. The maximum Gasteiger partial charge on any atom is 0.278 e. The van der Waals surface area contributed by atoms with Crippen LogP contribution in [0.4, 0.5) is 0 Å². The van der Waals surface area contributed by atoms with E-state index >= 15 is 0 Å². The molecule has 4 nitrogen and oxygen atoms in total. The third-order valence-corrected chi connectivity index (χ3v) is 4.64. The Labute approximate surface area is 130 Å². The molecule has 0 unspecified atom stereocenters. The number of aryl methyl sites for hydroxylation is 2. The lowest BCUT2D eigenvalue weighted by atomic mass is 10.2. The van der Waals surface area contributed by atoms with Gasteiger partial charge in [0.1, 0.15) is 5.02 Å². The fourth-order valence-electron chi connectivity index (χ4n) is 1.99. The van der Waals surface area contributed by atoms with Crippen molar-refractivity contribution in [1.29, 1.82) is 0 Å². The molecule has 0 radical (unpaired) electrons. The maximum atomic E-state index is 12.3. The quantitative estimate of drug-likeness (QED) is 0.725. The number of halogens is 1. The first-order chi connectivity index (χ1) is 10.1. The fraction of sp³-hybridized carbons (Fsp3) is 0.133. The molecule has 0 aromatic carbocycles. The molecule has 0 fully saturated rings. The van der Waals surface area contributed by atoms with Gasteiger partial charge in [0.25, 0.3) is 5.56 Å². The summed E-state index contributed by atoms with van der Waals surface area (Å²) in [5.41, 5.74) is 2.06. The molecule has 0 saturated carbocycles. The Balaban J connectivity index is 2.14. The minimum absolute atomic E-state index is 0.133. The van der Waals surface area contributed by atoms with E-state index in [1.54, 1.807) is 22.9 Å². The van der Waals surface area contributed by atoms with Crippen molar-refractivity contribution in [2.24, 2.45) is 0 Å². The number of pyridine rings is 1. The van der Waals surface area contributed by atoms with Gasteiger partial charge < -0.3 is 0 Å². The Morgan fingerprint density at radius 1 is 1.33 bits per heavy atom. The third kappa shape index (κ3) is 2.50. The van der Waals surface area contributed by atoms with Crippen molar-refractivity contribution in [3.05, 3.63) is 61.7 Å². The molecule has 3 aromatic heterocycles. The topological polar surface area (TPSA) is 47.3 Å². The van der Waals surface area contributed by atoms with Gasteiger partial charge in [-0.2, -0.15) is 0 Å². The highest BCUT2D eigenvalue weighted by Crippen LogP contribution is 2.22. The maximum absolute atomic E-state index is 12.3. The zero-order valence-corrected chi connectivity index (χ0v) is 13.1. The molecule has 0 spiro atoms. The summed E-state index contributed by atoms with van der Waals surface area (Å²) >= 11 is 7.65. The molecule has 6 heteroatoms. The second kappa shape index (κ2) is 5.42. The number of nitrogens with zero attached hydrogens (tertiary/aromatic N) is 3. The number of hydrogen-bond donors (Lipinski definition) is 0. The van der Waals surface area contributed by atoms with E-state index in [1.807, 2.05) is 32.1 Å². The number of fused-ring (bicyclic) bond motifs is 1. The minimum Gasteiger partial charge on any atom is -0.267 e. The number of aromatic nitrogens is 3. The average molecular weight is 318 g/mol. The highest BCUT2D eigenvalue weighted by atomic mass is 35.5. The van der Waals surface area contributed by atoms with Crippen LogP contribution in [0.1, 0.15) is 21.8 Å². The molecule has 0 aliphatic heterocycles. The average Bonchev–Trinajstić information content (AvgIpc) is 2.77. The molecule has 3 rings (SSSR count). The molecule has 21 heavy (non-hydrogen) atoms. The predicted octanol–water partition coefficient (Wildman–Crippen LogP) is 3.59. The Kier molecular flexibility index (Phi) is 3.61. The van der Waals surface area contributed by atoms with Gasteiger partial charge in [0.15, 0.2) is 4.96 Å². The van der Waals surface area contributed by atoms with Crippen LogP contribution in [-0.4, -0.2) is 14.4 Å². The van der Waals surface area contributed by atoms with Gasteiger partial charge in [0, 0.05) is 23.0 Å². The van der Waals surface area contributed by atoms with E-state index in [1.165, 1.54) is 11.3 Å². The molecule has 0 aliphatic rings. The first-order valence-electron chi connectivity index (χ1n) is 6.34. The Bertz CT molecular complexity index is 897. The van der Waals surface area contributed by atoms with Crippen LogP contribution in [0.15, 0.2) is 29.3 Å². The van der Waals surface area contributed by atoms with Crippen molar-refractivity contribution >= 4 is 40.1 Å². The summed E-state index contributed by atoms with van der Waals surface area (Å²) in [6.07, 6.45) is 7.02. The molecule has 0 N–H and O–H groups in total. The monoisotopic (exact) mass is 317 g/mol. The molecular formula is C15H12ClN3OS. The van der Waals surface area contributed by atoms with Crippen LogP contribution in [0, 0.1) is 13.8 Å². The molecule has 0 amide bonds. The van der Waals surface area contributed by atoms with Crippen LogP contribution in [-0.2, 0) is 0 Å². The predicted molar refractivity (Wildman–Crippen MR) is 87.0 cm³/mol. The lowest BCUT2D eigenvalue weighted by Crippen LogP contribution is -2.16. The molecule has 0 aliphatic carbocycles. The second-order valence-corrected chi connectivity index (χ2v) is 6.16. The van der Waals surface area contributed by atoms with E-state index in [-0.39, 0.29) is 10.6 Å². The molecule has 0 bridgehead atoms. The van der Waals surface area contributed by atoms with Crippen LogP contribution >= 0.6 is 22.9 Å². The largest absolute Gasteiger partial charge is 0.278 e. The highest BCUT2D eigenvalue weighted by molar-refractivity contribution is 7.17. The summed E-state index contributed by atoms with van der Waals surface area (Å²) in [6, 6.07) is 3.76. The number of hydrogen-bond acceptors (Lipinski definition) is 4. The van der Waals surface area contributed by atoms with Crippen molar-refractivity contribution in [3.63, 3.8) is 0 Å². The van der Waals surface area contributed by atoms with E-state index < -0.39 is 0 Å². The number of thiazole rings is 1. The van der Waals surface area contributed by atoms with Crippen LogP contribution in [0.2, 0.25) is 5.02 Å². The van der Waals surface area contributed by atoms with Crippen molar-refractivity contribution < 1.29 is 0 Å². The summed E-state index contributed by atoms with van der Waals surface area (Å²) < 4.78 is 1.56. The normalized spacial score (nSPS) is 11.6. The molecule has 3 aromatic rings. The third-order valence-electron chi connectivity index (χ3n) is 3.23. The number of rotatable bonds is 2. The molecule has 3 heterocycles. The zero-order valence-electron chi connectivity index (χ0n) is 11.5. The summed E-state index contributed by atoms with van der Waals surface area (Å²) in [6.45, 7) is 3.86. The van der Waals surface area contributed by atoms with E-state index in [0.717, 1.165) is 16.1 Å². The van der Waals surface area contributed by atoms with Crippen LogP contribution in [0.25, 0.3) is 17.1 Å². The van der Waals surface area contributed by atoms with Crippen molar-refractivity contribution in [1.82, 2.24) is 14.4 Å². The van der Waals surface area contributed by atoms with Crippen molar-refractivity contribution in [2.75, 3.05) is 0 Å². The van der Waals surface area contributed by atoms with Gasteiger partial charge >= 0.3 is 0 Å². The van der Waals surface area contributed by atoms with E-state index in [4.69, 9.17) is 11.6 Å². The summed E-state index contributed by atoms with van der Waals surface area (Å²) in [4.78, 5) is 22.6. The Morgan fingerprint density at radius 3 is 2.86 bits per heavy atom. The minimum atomic E-state index is -0.227. The standard InChI is InChI=1S/C15H12ClN3OS/c1-9-10(2)21-15-18-12(13(16)14(20)19(9)15)6-5-11-4-3-7-17-8-11/h3-8H,1-2H3. The van der Waals surface area contributed by atoms with E-state index in [0.29, 0.717) is 10.7 Å². The van der Waals surface area contributed by atoms with Crippen molar-refractivity contribution in [3.8, 4) is 0 Å². The van der Waals surface area contributed by atoms with Crippen LogP contribution < -0.4 is 5.56 Å². The van der Waals surface area contributed by atoms with Gasteiger partial charge in [-0.15, -0.1) is 11.3 Å². The summed E-state index contributed by atoms with van der Waals surface area (Å²) in [7, 11) is 0. The molecular weight excluding hydrogens is 306 g/mol. The van der Waals surface area contributed by atoms with Gasteiger partial charge in [0.05, 0.1) is 5.69 Å². The molecule has 0 atom stereocenters. The second-order valence-electron chi connectivity index (χ2n) is 4.60. The van der Waals surface area contributed by atoms with Gasteiger partial charge in [-0.25, -0.2) is 4.98 Å². The zero-order chi connectivity index (χ0) is 15.0. The van der Waals surface area contributed by atoms with Crippen LogP contribution in [0.5, 0.6) is 0 Å².